The zero-order valence-electron chi connectivity index (χ0n) is 14.0. The molecule has 0 bridgehead atoms. The van der Waals surface area contributed by atoms with Gasteiger partial charge in [-0.1, -0.05) is 17.7 Å². The third-order valence-corrected chi connectivity index (χ3v) is 3.41. The number of anilines is 2. The lowest BCUT2D eigenvalue weighted by atomic mass is 10.2. The fourth-order valence-corrected chi connectivity index (χ4v) is 2.28. The highest BCUT2D eigenvalue weighted by Gasteiger charge is 2.22. The van der Waals surface area contributed by atoms with Crippen LogP contribution in [0.15, 0.2) is 42.5 Å². The highest BCUT2D eigenvalue weighted by Crippen LogP contribution is 2.24. The van der Waals surface area contributed by atoms with Crippen molar-refractivity contribution in [1.82, 2.24) is 0 Å². The summed E-state index contributed by atoms with van der Waals surface area (Å²) in [4.78, 5) is 45.2. The van der Waals surface area contributed by atoms with Crippen molar-refractivity contribution in [2.45, 2.75) is 6.92 Å². The Labute approximate surface area is 158 Å². The van der Waals surface area contributed by atoms with Crippen LogP contribution in [-0.4, -0.2) is 29.3 Å². The standard InChI is InChI=1S/C17H14ClN3O6/c1-10(22)19-12-3-2-4-13(8-12)20-16(23)9-27-17(24)14-6-5-11(18)7-15(14)21(25)26/h2-8H,9H2,1H3,(H,19,22)(H,20,23). The minimum Gasteiger partial charge on any atom is -0.452 e. The number of nitro benzene ring substituents is 1. The Balaban J connectivity index is 1.99. The fourth-order valence-electron chi connectivity index (χ4n) is 2.11. The molecule has 2 aromatic carbocycles. The first-order chi connectivity index (χ1) is 12.8. The average Bonchev–Trinajstić information content (AvgIpc) is 2.59. The van der Waals surface area contributed by atoms with Crippen molar-refractivity contribution in [3.05, 3.63) is 63.2 Å². The molecule has 2 rings (SSSR count). The van der Waals surface area contributed by atoms with Gasteiger partial charge in [0.05, 0.1) is 4.92 Å². The van der Waals surface area contributed by atoms with E-state index in [1.54, 1.807) is 18.2 Å². The van der Waals surface area contributed by atoms with Gasteiger partial charge in [0, 0.05) is 29.4 Å². The average molecular weight is 392 g/mol. The van der Waals surface area contributed by atoms with Crippen LogP contribution in [0.25, 0.3) is 0 Å². The number of carbonyl (C=O) groups is 3. The Kier molecular flexibility index (Phi) is 6.45. The molecule has 0 saturated heterocycles. The minimum absolute atomic E-state index is 0.0926. The van der Waals surface area contributed by atoms with Gasteiger partial charge in [0.1, 0.15) is 5.56 Å². The van der Waals surface area contributed by atoms with E-state index in [9.17, 15) is 24.5 Å². The topological polar surface area (TPSA) is 128 Å². The van der Waals surface area contributed by atoms with E-state index in [-0.39, 0.29) is 16.5 Å². The maximum Gasteiger partial charge on any atom is 0.345 e. The number of benzene rings is 2. The number of nitro groups is 1. The van der Waals surface area contributed by atoms with Crippen molar-refractivity contribution < 1.29 is 24.0 Å². The molecule has 0 spiro atoms. The third-order valence-electron chi connectivity index (χ3n) is 3.18. The molecule has 140 valence electrons. The number of carbonyl (C=O) groups excluding carboxylic acids is 3. The molecule has 0 radical (unpaired) electrons. The predicted molar refractivity (Wildman–Crippen MR) is 97.8 cm³/mol. The lowest BCUT2D eigenvalue weighted by Crippen LogP contribution is -2.21. The molecule has 0 heterocycles. The second kappa shape index (κ2) is 8.77. The minimum atomic E-state index is -1.03. The smallest absolute Gasteiger partial charge is 0.345 e. The molecule has 0 aliphatic heterocycles. The first-order valence-corrected chi connectivity index (χ1v) is 7.92. The molecule has 0 atom stereocenters. The van der Waals surface area contributed by atoms with E-state index in [1.165, 1.54) is 19.1 Å². The van der Waals surface area contributed by atoms with Gasteiger partial charge in [0.15, 0.2) is 6.61 Å². The van der Waals surface area contributed by atoms with Gasteiger partial charge in [0.25, 0.3) is 11.6 Å². The number of ether oxygens (including phenoxy) is 1. The lowest BCUT2D eigenvalue weighted by Gasteiger charge is -2.09. The number of nitrogens with zero attached hydrogens (tertiary/aromatic N) is 1. The summed E-state index contributed by atoms with van der Waals surface area (Å²) in [5, 5.41) is 16.1. The van der Waals surface area contributed by atoms with E-state index in [0.717, 1.165) is 12.1 Å². The molecule has 0 saturated carbocycles. The summed E-state index contributed by atoms with van der Waals surface area (Å²) in [7, 11) is 0. The zero-order valence-corrected chi connectivity index (χ0v) is 14.8. The lowest BCUT2D eigenvalue weighted by molar-refractivity contribution is -0.385. The number of halogens is 1. The number of nitrogens with one attached hydrogen (secondary N) is 2. The fraction of sp³-hybridized carbons (Fsp3) is 0.118. The molecule has 0 aliphatic carbocycles. The first-order valence-electron chi connectivity index (χ1n) is 7.55. The maximum atomic E-state index is 12.0. The van der Waals surface area contributed by atoms with Crippen molar-refractivity contribution in [1.29, 1.82) is 0 Å². The Morgan fingerprint density at radius 1 is 1.11 bits per heavy atom. The Morgan fingerprint density at radius 2 is 1.78 bits per heavy atom. The van der Waals surface area contributed by atoms with Gasteiger partial charge in [0.2, 0.25) is 5.91 Å². The van der Waals surface area contributed by atoms with Crippen LogP contribution < -0.4 is 10.6 Å². The van der Waals surface area contributed by atoms with Gasteiger partial charge in [-0.15, -0.1) is 0 Å². The SMILES string of the molecule is CC(=O)Nc1cccc(NC(=O)COC(=O)c2ccc(Cl)cc2[N+](=O)[O-])c1. The third kappa shape index (κ3) is 5.79. The molecular weight excluding hydrogens is 378 g/mol. The number of amides is 2. The van der Waals surface area contributed by atoms with Crippen molar-refractivity contribution in [3.8, 4) is 0 Å². The van der Waals surface area contributed by atoms with Crippen molar-refractivity contribution in [2.24, 2.45) is 0 Å². The van der Waals surface area contributed by atoms with Crippen molar-refractivity contribution >= 4 is 46.4 Å². The van der Waals surface area contributed by atoms with Gasteiger partial charge in [-0.25, -0.2) is 4.79 Å². The predicted octanol–water partition coefficient (Wildman–Crippen LogP) is 3.00. The summed E-state index contributed by atoms with van der Waals surface area (Å²) < 4.78 is 4.82. The van der Waals surface area contributed by atoms with E-state index in [4.69, 9.17) is 16.3 Å². The van der Waals surface area contributed by atoms with Crippen LogP contribution in [0.2, 0.25) is 5.02 Å². The van der Waals surface area contributed by atoms with Gasteiger partial charge < -0.3 is 15.4 Å². The maximum absolute atomic E-state index is 12.0. The van der Waals surface area contributed by atoms with E-state index < -0.39 is 29.1 Å². The van der Waals surface area contributed by atoms with E-state index in [0.29, 0.717) is 11.4 Å². The molecular formula is C17H14ClN3O6. The Hall–Kier alpha value is -3.46. The van der Waals surface area contributed by atoms with Gasteiger partial charge >= 0.3 is 5.97 Å². The van der Waals surface area contributed by atoms with E-state index >= 15 is 0 Å². The van der Waals surface area contributed by atoms with Gasteiger partial charge in [-0.3, -0.25) is 19.7 Å². The molecule has 10 heteroatoms. The Morgan fingerprint density at radius 3 is 2.41 bits per heavy atom. The van der Waals surface area contributed by atoms with Crippen LogP contribution in [0, 0.1) is 10.1 Å². The second-order valence-electron chi connectivity index (χ2n) is 5.30. The molecule has 9 nitrogen and oxygen atoms in total. The molecule has 2 aromatic rings. The highest BCUT2D eigenvalue weighted by molar-refractivity contribution is 6.31. The van der Waals surface area contributed by atoms with Crippen molar-refractivity contribution in [2.75, 3.05) is 17.2 Å². The van der Waals surface area contributed by atoms with E-state index in [2.05, 4.69) is 10.6 Å². The van der Waals surface area contributed by atoms with Crippen LogP contribution in [0.1, 0.15) is 17.3 Å². The number of hydrogen-bond donors (Lipinski definition) is 2. The normalized spacial score (nSPS) is 10.0. The van der Waals surface area contributed by atoms with Crippen LogP contribution in [0.4, 0.5) is 17.1 Å². The van der Waals surface area contributed by atoms with Crippen LogP contribution >= 0.6 is 11.6 Å². The summed E-state index contributed by atoms with van der Waals surface area (Å²) in [6, 6.07) is 9.82. The molecule has 27 heavy (non-hydrogen) atoms. The number of esters is 1. The van der Waals surface area contributed by atoms with Crippen LogP contribution in [-0.2, 0) is 14.3 Å². The molecule has 2 amide bonds. The summed E-state index contributed by atoms with van der Waals surface area (Å²) >= 11 is 5.68. The monoisotopic (exact) mass is 391 g/mol. The molecule has 0 aromatic heterocycles. The van der Waals surface area contributed by atoms with Gasteiger partial charge in [-0.2, -0.15) is 0 Å². The largest absolute Gasteiger partial charge is 0.452 e. The van der Waals surface area contributed by atoms with Crippen molar-refractivity contribution in [3.63, 3.8) is 0 Å². The quantitative estimate of drug-likeness (QED) is 0.442. The summed E-state index contributed by atoms with van der Waals surface area (Å²) in [5.41, 5.74) is 0.0228. The molecule has 0 unspecified atom stereocenters. The number of hydrogen-bond acceptors (Lipinski definition) is 6. The zero-order chi connectivity index (χ0) is 20.0. The number of rotatable bonds is 6. The Bertz CT molecular complexity index is 915. The first kappa shape index (κ1) is 19.9. The van der Waals surface area contributed by atoms with Crippen LogP contribution in [0.5, 0.6) is 0 Å². The van der Waals surface area contributed by atoms with Gasteiger partial charge in [-0.05, 0) is 30.3 Å². The molecule has 0 fully saturated rings. The molecule has 0 aliphatic rings. The summed E-state index contributed by atoms with van der Waals surface area (Å²) in [6.07, 6.45) is 0. The summed E-state index contributed by atoms with van der Waals surface area (Å²) in [6.45, 7) is 0.698. The highest BCUT2D eigenvalue weighted by atomic mass is 35.5. The summed E-state index contributed by atoms with van der Waals surface area (Å²) in [5.74, 6) is -1.95. The second-order valence-corrected chi connectivity index (χ2v) is 5.74. The molecule has 2 N–H and O–H groups in total. The van der Waals surface area contributed by atoms with Crippen LogP contribution in [0.3, 0.4) is 0 Å². The van der Waals surface area contributed by atoms with E-state index in [1.807, 2.05) is 0 Å².